The van der Waals surface area contributed by atoms with Crippen LogP contribution in [-0.2, 0) is 0 Å². The summed E-state index contributed by atoms with van der Waals surface area (Å²) < 4.78 is 6.61. The van der Waals surface area contributed by atoms with Gasteiger partial charge in [0.25, 0.3) is 0 Å². The van der Waals surface area contributed by atoms with E-state index in [-0.39, 0.29) is 0 Å². The molecular weight excluding hydrogens is 775 g/mol. The van der Waals surface area contributed by atoms with Crippen molar-refractivity contribution in [1.82, 2.24) is 0 Å². The van der Waals surface area contributed by atoms with E-state index in [0.29, 0.717) is 0 Å². The summed E-state index contributed by atoms with van der Waals surface area (Å²) in [4.78, 5) is 2.45. The number of nitrogens with zero attached hydrogens (tertiary/aromatic N) is 1. The average Bonchev–Trinajstić information content (AvgIpc) is 3.76. The minimum atomic E-state index is 0.894. The summed E-state index contributed by atoms with van der Waals surface area (Å²) in [7, 11) is 0. The first kappa shape index (κ1) is 36.2. The molecule has 0 spiro atoms. The fourth-order valence-corrected chi connectivity index (χ4v) is 10.4. The molecule has 0 radical (unpaired) electrons. The van der Waals surface area contributed by atoms with E-state index >= 15 is 0 Å². The second kappa shape index (κ2) is 14.6. The fraction of sp³-hybridized carbons (Fsp3) is 0. The number of furan rings is 1. The van der Waals surface area contributed by atoms with Crippen molar-refractivity contribution in [3.05, 3.63) is 237 Å². The standard InChI is InChI=1S/C62H39NO/c1-3-17-43(18-4-1)59-54-24-12-11-23-51(54)52-38-35-46(39-56(52)60(59)44-19-5-2-6-20-44)63(57-27-13-26-50-47-21-9-7-15-40(47)31-36-53(50)57)45-33-29-42(30-34-45)48-25-14-28-58-61(48)55-37-32-41-16-8-10-22-49(41)62(55)64-58/h1-39H. The maximum Gasteiger partial charge on any atom is 0.143 e. The zero-order chi connectivity index (χ0) is 42.1. The molecule has 64 heavy (non-hydrogen) atoms. The molecule has 13 aromatic rings. The van der Waals surface area contributed by atoms with Crippen molar-refractivity contribution in [3.8, 4) is 33.4 Å². The first-order valence-corrected chi connectivity index (χ1v) is 22.0. The Morgan fingerprint density at radius 1 is 0.297 bits per heavy atom. The zero-order valence-electron chi connectivity index (χ0n) is 34.9. The molecule has 1 heterocycles. The molecule has 0 atom stereocenters. The molecule has 0 unspecified atom stereocenters. The average molecular weight is 814 g/mol. The van der Waals surface area contributed by atoms with Crippen LogP contribution in [0, 0.1) is 0 Å². The predicted molar refractivity (Wildman–Crippen MR) is 272 cm³/mol. The highest BCUT2D eigenvalue weighted by Gasteiger charge is 2.22. The third-order valence-corrected chi connectivity index (χ3v) is 13.2. The summed E-state index contributed by atoms with van der Waals surface area (Å²) in [6.45, 7) is 0. The molecule has 12 aromatic carbocycles. The van der Waals surface area contributed by atoms with E-state index in [9.17, 15) is 0 Å². The molecule has 0 aliphatic heterocycles. The van der Waals surface area contributed by atoms with Crippen molar-refractivity contribution in [3.63, 3.8) is 0 Å². The highest BCUT2D eigenvalue weighted by atomic mass is 16.3. The smallest absolute Gasteiger partial charge is 0.143 e. The van der Waals surface area contributed by atoms with Crippen molar-refractivity contribution in [2.24, 2.45) is 0 Å². The summed E-state index contributed by atoms with van der Waals surface area (Å²) in [5.41, 5.74) is 12.3. The Morgan fingerprint density at radius 3 is 1.58 bits per heavy atom. The maximum absolute atomic E-state index is 6.61. The quantitative estimate of drug-likeness (QED) is 0.156. The van der Waals surface area contributed by atoms with E-state index in [2.05, 4.69) is 241 Å². The van der Waals surface area contributed by atoms with Gasteiger partial charge in [0.1, 0.15) is 11.2 Å². The molecule has 0 saturated carbocycles. The van der Waals surface area contributed by atoms with Crippen LogP contribution in [0.15, 0.2) is 241 Å². The molecule has 0 aliphatic rings. The van der Waals surface area contributed by atoms with Gasteiger partial charge in [-0.3, -0.25) is 0 Å². The van der Waals surface area contributed by atoms with Crippen molar-refractivity contribution >= 4 is 92.9 Å². The van der Waals surface area contributed by atoms with Crippen molar-refractivity contribution in [2.75, 3.05) is 4.90 Å². The summed E-state index contributed by atoms with van der Waals surface area (Å²) >= 11 is 0. The van der Waals surface area contributed by atoms with E-state index in [0.717, 1.165) is 55.5 Å². The Labute approximate surface area is 370 Å². The number of hydrogen-bond acceptors (Lipinski definition) is 2. The molecule has 0 amide bonds. The highest BCUT2D eigenvalue weighted by Crippen LogP contribution is 2.48. The van der Waals surface area contributed by atoms with Gasteiger partial charge in [0.15, 0.2) is 0 Å². The zero-order valence-corrected chi connectivity index (χ0v) is 34.9. The molecule has 0 saturated heterocycles. The van der Waals surface area contributed by atoms with Crippen LogP contribution in [-0.4, -0.2) is 0 Å². The largest absolute Gasteiger partial charge is 0.455 e. The minimum Gasteiger partial charge on any atom is -0.455 e. The Bertz CT molecular complexity index is 3940. The van der Waals surface area contributed by atoms with Crippen molar-refractivity contribution in [1.29, 1.82) is 0 Å². The summed E-state index contributed by atoms with van der Waals surface area (Å²) in [6.07, 6.45) is 0. The van der Waals surface area contributed by atoms with Crippen molar-refractivity contribution in [2.45, 2.75) is 0 Å². The maximum atomic E-state index is 6.61. The SMILES string of the molecule is c1ccc(-c2c(-c3ccccc3)c3cc(N(c4ccc(-c5cccc6oc7c8ccccc8ccc7c56)cc4)c4cccc5c4ccc4ccccc45)ccc3c3ccccc23)cc1. The molecule has 1 aromatic heterocycles. The van der Waals surface area contributed by atoms with Crippen LogP contribution in [0.25, 0.3) is 109 Å². The fourth-order valence-electron chi connectivity index (χ4n) is 10.4. The first-order chi connectivity index (χ1) is 31.8. The van der Waals surface area contributed by atoms with Gasteiger partial charge < -0.3 is 9.32 Å². The van der Waals surface area contributed by atoms with E-state index in [4.69, 9.17) is 4.42 Å². The second-order valence-corrected chi connectivity index (χ2v) is 16.7. The summed E-state index contributed by atoms with van der Waals surface area (Å²) in [6, 6.07) is 86.1. The Kier molecular flexibility index (Phi) is 8.25. The van der Waals surface area contributed by atoms with Gasteiger partial charge in [-0.15, -0.1) is 0 Å². The van der Waals surface area contributed by atoms with Gasteiger partial charge in [0.2, 0.25) is 0 Å². The lowest BCUT2D eigenvalue weighted by molar-refractivity contribution is 0.673. The van der Waals surface area contributed by atoms with Gasteiger partial charge in [0, 0.05) is 32.9 Å². The van der Waals surface area contributed by atoms with E-state index in [1.165, 1.54) is 70.7 Å². The topological polar surface area (TPSA) is 16.4 Å². The first-order valence-electron chi connectivity index (χ1n) is 22.0. The van der Waals surface area contributed by atoms with E-state index < -0.39 is 0 Å². The minimum absolute atomic E-state index is 0.894. The summed E-state index contributed by atoms with van der Waals surface area (Å²) in [5, 5.41) is 14.4. The summed E-state index contributed by atoms with van der Waals surface area (Å²) in [5.74, 6) is 0. The number of anilines is 3. The monoisotopic (exact) mass is 813 g/mol. The van der Waals surface area contributed by atoms with Crippen LogP contribution < -0.4 is 4.90 Å². The molecule has 298 valence electrons. The number of hydrogen-bond donors (Lipinski definition) is 0. The van der Waals surface area contributed by atoms with Gasteiger partial charge >= 0.3 is 0 Å². The van der Waals surface area contributed by atoms with Crippen LogP contribution in [0.2, 0.25) is 0 Å². The number of rotatable bonds is 6. The molecule has 0 fully saturated rings. The molecule has 2 heteroatoms. The van der Waals surface area contributed by atoms with Crippen LogP contribution >= 0.6 is 0 Å². The van der Waals surface area contributed by atoms with Gasteiger partial charge in [-0.05, 0) is 119 Å². The molecule has 0 aliphatic carbocycles. The Balaban J connectivity index is 1.06. The molecule has 13 rings (SSSR count). The second-order valence-electron chi connectivity index (χ2n) is 16.7. The Hall–Kier alpha value is -8.46. The van der Waals surface area contributed by atoms with Crippen LogP contribution in [0.4, 0.5) is 17.1 Å². The van der Waals surface area contributed by atoms with Crippen LogP contribution in [0.5, 0.6) is 0 Å². The highest BCUT2D eigenvalue weighted by molar-refractivity contribution is 6.23. The van der Waals surface area contributed by atoms with Gasteiger partial charge in [-0.2, -0.15) is 0 Å². The van der Waals surface area contributed by atoms with Crippen LogP contribution in [0.1, 0.15) is 0 Å². The lowest BCUT2D eigenvalue weighted by atomic mass is 9.85. The van der Waals surface area contributed by atoms with Gasteiger partial charge in [0.05, 0.1) is 5.69 Å². The molecule has 0 bridgehead atoms. The normalized spacial score (nSPS) is 11.8. The van der Waals surface area contributed by atoms with Gasteiger partial charge in [-0.1, -0.05) is 194 Å². The third-order valence-electron chi connectivity index (χ3n) is 13.2. The third kappa shape index (κ3) is 5.66. The van der Waals surface area contributed by atoms with Crippen molar-refractivity contribution < 1.29 is 4.42 Å². The lowest BCUT2D eigenvalue weighted by Gasteiger charge is -2.28. The number of fused-ring (bicyclic) bond motifs is 11. The number of benzene rings is 12. The Morgan fingerprint density at radius 2 is 0.828 bits per heavy atom. The van der Waals surface area contributed by atoms with Crippen LogP contribution in [0.3, 0.4) is 0 Å². The van der Waals surface area contributed by atoms with Gasteiger partial charge in [-0.25, -0.2) is 0 Å². The predicted octanol–water partition coefficient (Wildman–Crippen LogP) is 17.8. The molecule has 0 N–H and O–H groups in total. The van der Waals surface area contributed by atoms with E-state index in [1.54, 1.807) is 0 Å². The molecular formula is C62H39NO. The van der Waals surface area contributed by atoms with E-state index in [1.807, 2.05) is 0 Å². The molecule has 2 nitrogen and oxygen atoms in total. The lowest BCUT2D eigenvalue weighted by Crippen LogP contribution is -2.10.